The first-order valence-electron chi connectivity index (χ1n) is 5.96. The molecule has 3 amide bonds. The fraction of sp³-hybridized carbons (Fsp3) is 0.818. The molecule has 16 heavy (non-hydrogen) atoms. The van der Waals surface area contributed by atoms with E-state index in [4.69, 9.17) is 0 Å². The Hall–Kier alpha value is -1.26. The average Bonchev–Trinajstić information content (AvgIpc) is 2.94. The summed E-state index contributed by atoms with van der Waals surface area (Å²) in [5.74, 6) is -0.0613. The van der Waals surface area contributed by atoms with E-state index >= 15 is 0 Å². The van der Waals surface area contributed by atoms with Crippen LogP contribution < -0.4 is 10.6 Å². The van der Waals surface area contributed by atoms with E-state index in [1.54, 1.807) is 7.05 Å². The third-order valence-corrected chi connectivity index (χ3v) is 3.10. The van der Waals surface area contributed by atoms with Gasteiger partial charge in [-0.05, 0) is 32.1 Å². The van der Waals surface area contributed by atoms with Gasteiger partial charge in [0.2, 0.25) is 5.91 Å². The molecule has 2 N–H and O–H groups in total. The van der Waals surface area contributed by atoms with Crippen LogP contribution in [0.15, 0.2) is 0 Å². The second kappa shape index (κ2) is 4.72. The largest absolute Gasteiger partial charge is 0.352 e. The highest BCUT2D eigenvalue weighted by Gasteiger charge is 2.25. The van der Waals surface area contributed by atoms with Crippen molar-refractivity contribution in [2.45, 2.75) is 44.2 Å². The van der Waals surface area contributed by atoms with Crippen LogP contribution in [0.2, 0.25) is 0 Å². The van der Waals surface area contributed by atoms with E-state index in [2.05, 4.69) is 10.6 Å². The summed E-state index contributed by atoms with van der Waals surface area (Å²) in [4.78, 5) is 24.5. The minimum atomic E-state index is -0.143. The zero-order chi connectivity index (χ0) is 11.5. The Morgan fingerprint density at radius 1 is 1.12 bits per heavy atom. The molecule has 90 valence electrons. The normalized spacial score (nSPS) is 19.8. The van der Waals surface area contributed by atoms with Crippen LogP contribution in [0.5, 0.6) is 0 Å². The Bertz CT molecular complexity index is 285. The van der Waals surface area contributed by atoms with Crippen molar-refractivity contribution in [1.29, 1.82) is 0 Å². The first-order chi connectivity index (χ1) is 7.65. The van der Waals surface area contributed by atoms with Gasteiger partial charge in [0.1, 0.15) is 6.54 Å². The fourth-order valence-electron chi connectivity index (χ4n) is 1.63. The Labute approximate surface area is 95.6 Å². The SMILES string of the molecule is CN(CC(=O)NC1CC1)C(=O)NC1CCC1. The minimum absolute atomic E-state index is 0.0613. The summed E-state index contributed by atoms with van der Waals surface area (Å²) >= 11 is 0. The van der Waals surface area contributed by atoms with Gasteiger partial charge < -0.3 is 15.5 Å². The number of carbonyl (C=O) groups excluding carboxylic acids is 2. The van der Waals surface area contributed by atoms with E-state index in [9.17, 15) is 9.59 Å². The van der Waals surface area contributed by atoms with E-state index in [1.165, 1.54) is 11.3 Å². The number of hydrogen-bond acceptors (Lipinski definition) is 2. The maximum atomic E-state index is 11.6. The van der Waals surface area contributed by atoms with Crippen LogP contribution in [0.3, 0.4) is 0 Å². The summed E-state index contributed by atoms with van der Waals surface area (Å²) in [6, 6.07) is 0.535. The van der Waals surface area contributed by atoms with Gasteiger partial charge >= 0.3 is 6.03 Å². The maximum absolute atomic E-state index is 11.6. The van der Waals surface area contributed by atoms with Crippen molar-refractivity contribution in [2.24, 2.45) is 0 Å². The van der Waals surface area contributed by atoms with Gasteiger partial charge in [0.25, 0.3) is 0 Å². The van der Waals surface area contributed by atoms with E-state index < -0.39 is 0 Å². The van der Waals surface area contributed by atoms with Gasteiger partial charge in [0, 0.05) is 19.1 Å². The topological polar surface area (TPSA) is 61.4 Å². The van der Waals surface area contributed by atoms with Crippen molar-refractivity contribution in [3.63, 3.8) is 0 Å². The molecule has 2 aliphatic rings. The van der Waals surface area contributed by atoms with Crippen molar-refractivity contribution in [3.05, 3.63) is 0 Å². The lowest BCUT2D eigenvalue weighted by Gasteiger charge is -2.28. The number of rotatable bonds is 4. The minimum Gasteiger partial charge on any atom is -0.352 e. The molecule has 5 nitrogen and oxygen atoms in total. The number of nitrogens with one attached hydrogen (secondary N) is 2. The van der Waals surface area contributed by atoms with E-state index in [0.717, 1.165) is 25.7 Å². The van der Waals surface area contributed by atoms with Gasteiger partial charge in [-0.3, -0.25) is 4.79 Å². The van der Waals surface area contributed by atoms with Gasteiger partial charge in [-0.25, -0.2) is 4.79 Å². The molecule has 0 saturated heterocycles. The lowest BCUT2D eigenvalue weighted by Crippen LogP contribution is -2.48. The predicted molar refractivity (Wildman–Crippen MR) is 60.0 cm³/mol. The molecular weight excluding hydrogens is 206 g/mol. The predicted octanol–water partition coefficient (Wildman–Crippen LogP) is 0.459. The van der Waals surface area contributed by atoms with Gasteiger partial charge in [0.15, 0.2) is 0 Å². The van der Waals surface area contributed by atoms with Gasteiger partial charge in [0.05, 0.1) is 0 Å². The molecule has 0 radical (unpaired) electrons. The van der Waals surface area contributed by atoms with Crippen molar-refractivity contribution >= 4 is 11.9 Å². The molecule has 0 spiro atoms. The highest BCUT2D eigenvalue weighted by Crippen LogP contribution is 2.19. The number of nitrogens with zero attached hydrogens (tertiary/aromatic N) is 1. The van der Waals surface area contributed by atoms with Crippen LogP contribution in [0.4, 0.5) is 4.79 Å². The monoisotopic (exact) mass is 225 g/mol. The summed E-state index contributed by atoms with van der Waals surface area (Å²) in [7, 11) is 1.65. The zero-order valence-corrected chi connectivity index (χ0v) is 9.66. The van der Waals surface area contributed by atoms with Gasteiger partial charge in [-0.2, -0.15) is 0 Å². The number of likely N-dealkylation sites (N-methyl/N-ethyl adjacent to an activating group) is 1. The third kappa shape index (κ3) is 3.12. The summed E-state index contributed by atoms with van der Waals surface area (Å²) < 4.78 is 0. The lowest BCUT2D eigenvalue weighted by molar-refractivity contribution is -0.121. The first kappa shape index (κ1) is 11.2. The van der Waals surface area contributed by atoms with Gasteiger partial charge in [-0.1, -0.05) is 0 Å². The molecule has 0 aliphatic heterocycles. The number of hydrogen-bond donors (Lipinski definition) is 2. The maximum Gasteiger partial charge on any atom is 0.317 e. The molecular formula is C11H19N3O2. The van der Waals surface area contributed by atoms with E-state index in [1.807, 2.05) is 0 Å². The molecule has 5 heteroatoms. The Balaban J connectivity index is 1.66. The molecule has 2 saturated carbocycles. The van der Waals surface area contributed by atoms with E-state index in [0.29, 0.717) is 12.1 Å². The molecule has 0 atom stereocenters. The number of amides is 3. The molecule has 0 heterocycles. The second-order valence-electron chi connectivity index (χ2n) is 4.78. The molecule has 0 aromatic rings. The summed E-state index contributed by atoms with van der Waals surface area (Å²) in [5, 5.41) is 5.76. The van der Waals surface area contributed by atoms with Crippen molar-refractivity contribution in [3.8, 4) is 0 Å². The smallest absolute Gasteiger partial charge is 0.317 e. The Morgan fingerprint density at radius 3 is 2.25 bits per heavy atom. The number of carbonyl (C=O) groups is 2. The third-order valence-electron chi connectivity index (χ3n) is 3.10. The standard InChI is InChI=1S/C11H19N3O2/c1-14(7-10(15)12-9-5-6-9)11(16)13-8-3-2-4-8/h8-9H,2-7H2,1H3,(H,12,15)(H,13,16). The number of urea groups is 1. The van der Waals surface area contributed by atoms with Crippen LogP contribution in [-0.2, 0) is 4.79 Å². The van der Waals surface area contributed by atoms with Crippen LogP contribution >= 0.6 is 0 Å². The molecule has 0 aromatic carbocycles. The zero-order valence-electron chi connectivity index (χ0n) is 9.66. The summed E-state index contributed by atoms with van der Waals surface area (Å²) in [5.41, 5.74) is 0. The molecule has 2 fully saturated rings. The molecule has 2 aliphatic carbocycles. The van der Waals surface area contributed by atoms with Crippen LogP contribution in [0, 0.1) is 0 Å². The second-order valence-corrected chi connectivity index (χ2v) is 4.78. The average molecular weight is 225 g/mol. The van der Waals surface area contributed by atoms with Crippen molar-refractivity contribution in [2.75, 3.05) is 13.6 Å². The van der Waals surface area contributed by atoms with Crippen LogP contribution in [0.25, 0.3) is 0 Å². The molecule has 0 aromatic heterocycles. The Kier molecular flexibility index (Phi) is 3.31. The van der Waals surface area contributed by atoms with Crippen LogP contribution in [-0.4, -0.2) is 42.5 Å². The quantitative estimate of drug-likeness (QED) is 0.730. The van der Waals surface area contributed by atoms with E-state index in [-0.39, 0.29) is 18.5 Å². The van der Waals surface area contributed by atoms with Crippen LogP contribution in [0.1, 0.15) is 32.1 Å². The summed E-state index contributed by atoms with van der Waals surface area (Å²) in [6.45, 7) is 0.148. The lowest BCUT2D eigenvalue weighted by atomic mass is 9.93. The molecule has 0 unspecified atom stereocenters. The van der Waals surface area contributed by atoms with Gasteiger partial charge in [-0.15, -0.1) is 0 Å². The van der Waals surface area contributed by atoms with Crippen molar-refractivity contribution in [1.82, 2.24) is 15.5 Å². The molecule has 2 rings (SSSR count). The fourth-order valence-corrected chi connectivity index (χ4v) is 1.63. The first-order valence-corrected chi connectivity index (χ1v) is 5.96. The Morgan fingerprint density at radius 2 is 1.75 bits per heavy atom. The summed E-state index contributed by atoms with van der Waals surface area (Å²) in [6.07, 6.45) is 5.46. The highest BCUT2D eigenvalue weighted by atomic mass is 16.2. The van der Waals surface area contributed by atoms with Crippen molar-refractivity contribution < 1.29 is 9.59 Å². The highest BCUT2D eigenvalue weighted by molar-refractivity contribution is 5.84. The molecule has 0 bridgehead atoms.